The zero-order valence-electron chi connectivity index (χ0n) is 11.2. The molecule has 0 saturated carbocycles. The first-order valence-electron chi connectivity index (χ1n) is 6.39. The van der Waals surface area contributed by atoms with Gasteiger partial charge in [0.15, 0.2) is 23.0 Å². The number of rotatable bonds is 1. The van der Waals surface area contributed by atoms with Gasteiger partial charge in [-0.1, -0.05) is 0 Å². The van der Waals surface area contributed by atoms with Crippen LogP contribution in [-0.2, 0) is 4.74 Å². The van der Waals surface area contributed by atoms with Crippen molar-refractivity contribution in [2.24, 2.45) is 0 Å². The summed E-state index contributed by atoms with van der Waals surface area (Å²) in [6.45, 7) is 1.83. The molecule has 5 nitrogen and oxygen atoms in total. The van der Waals surface area contributed by atoms with Crippen molar-refractivity contribution in [3.8, 4) is 11.5 Å². The highest BCUT2D eigenvalue weighted by atomic mass is 16.5. The first kappa shape index (κ1) is 13.2. The van der Waals surface area contributed by atoms with Crippen LogP contribution in [0.25, 0.3) is 5.76 Å². The lowest BCUT2D eigenvalue weighted by Crippen LogP contribution is -2.21. The molecule has 1 unspecified atom stereocenters. The molecule has 2 aliphatic rings. The summed E-state index contributed by atoms with van der Waals surface area (Å²) in [6, 6.07) is 4.14. The van der Waals surface area contributed by atoms with Crippen LogP contribution in [0.15, 0.2) is 59.1 Å². The fraction of sp³-hybridized carbons (Fsp3) is 0.125. The molecule has 0 spiro atoms. The number of benzene rings is 1. The lowest BCUT2D eigenvalue weighted by molar-refractivity contribution is 0.211. The molecule has 0 amide bonds. The van der Waals surface area contributed by atoms with Crippen LogP contribution in [0.2, 0.25) is 0 Å². The fourth-order valence-electron chi connectivity index (χ4n) is 2.36. The Bertz CT molecular complexity index is 737. The fourth-order valence-corrected chi connectivity index (χ4v) is 2.36. The lowest BCUT2D eigenvalue weighted by Gasteiger charge is -2.28. The highest BCUT2D eigenvalue weighted by Gasteiger charge is 2.28. The van der Waals surface area contributed by atoms with E-state index >= 15 is 0 Å². The molecule has 3 rings (SSSR count). The number of hydrogen-bond donors (Lipinski definition) is 4. The zero-order valence-corrected chi connectivity index (χ0v) is 11.2. The number of aliphatic hydroxyl groups is 2. The molecule has 21 heavy (non-hydrogen) atoms. The Morgan fingerprint density at radius 1 is 1.00 bits per heavy atom. The third-order valence-electron chi connectivity index (χ3n) is 3.39. The van der Waals surface area contributed by atoms with Crippen molar-refractivity contribution in [1.82, 2.24) is 0 Å². The van der Waals surface area contributed by atoms with Crippen LogP contribution in [0.5, 0.6) is 11.5 Å². The Balaban J connectivity index is 2.06. The monoisotopic (exact) mass is 286 g/mol. The molecule has 1 heterocycles. The van der Waals surface area contributed by atoms with E-state index < -0.39 is 6.10 Å². The van der Waals surface area contributed by atoms with Gasteiger partial charge in [-0.2, -0.15) is 0 Å². The molecule has 0 saturated heterocycles. The number of allylic oxidation sites excluding steroid dienone is 3. The molecular weight excluding hydrogens is 272 g/mol. The van der Waals surface area contributed by atoms with Crippen molar-refractivity contribution in [3.63, 3.8) is 0 Å². The van der Waals surface area contributed by atoms with Crippen LogP contribution in [-0.4, -0.2) is 26.5 Å². The summed E-state index contributed by atoms with van der Waals surface area (Å²) in [4.78, 5) is 0. The number of aromatic hydroxyl groups is 2. The van der Waals surface area contributed by atoms with Crippen molar-refractivity contribution in [2.75, 3.05) is 0 Å². The quantitative estimate of drug-likeness (QED) is 0.596. The van der Waals surface area contributed by atoms with Gasteiger partial charge in [0.25, 0.3) is 0 Å². The molecule has 0 aromatic heterocycles. The largest absolute Gasteiger partial charge is 0.508 e. The van der Waals surface area contributed by atoms with Crippen LogP contribution in [0, 0.1) is 0 Å². The molecule has 1 aliphatic carbocycles. The second-order valence-corrected chi connectivity index (χ2v) is 5.00. The average molecular weight is 286 g/mol. The molecule has 4 N–H and O–H groups in total. The minimum atomic E-state index is -0.503. The number of phenols is 2. The number of fused-ring (bicyclic) bond motifs is 1. The number of ether oxygens (including phenoxy) is 1. The maximum Gasteiger partial charge on any atom is 0.169 e. The highest BCUT2D eigenvalue weighted by molar-refractivity contribution is 5.69. The van der Waals surface area contributed by atoms with Gasteiger partial charge in [0, 0.05) is 11.1 Å². The van der Waals surface area contributed by atoms with E-state index in [1.54, 1.807) is 6.08 Å². The Morgan fingerprint density at radius 3 is 2.48 bits per heavy atom. The van der Waals surface area contributed by atoms with E-state index in [1.807, 2.05) is 13.0 Å². The van der Waals surface area contributed by atoms with Gasteiger partial charge < -0.3 is 25.2 Å². The highest BCUT2D eigenvalue weighted by Crippen LogP contribution is 2.37. The number of hydrogen-bond acceptors (Lipinski definition) is 5. The van der Waals surface area contributed by atoms with Crippen molar-refractivity contribution in [2.45, 2.75) is 13.0 Å². The summed E-state index contributed by atoms with van der Waals surface area (Å²) in [5.74, 6) is -0.472. The van der Waals surface area contributed by atoms with Crippen molar-refractivity contribution in [1.29, 1.82) is 0 Å². The molecule has 1 aromatic carbocycles. The summed E-state index contributed by atoms with van der Waals surface area (Å²) in [5.41, 5.74) is 1.76. The molecule has 1 aromatic rings. The summed E-state index contributed by atoms with van der Waals surface area (Å²) in [5, 5.41) is 38.9. The molecule has 0 radical (unpaired) electrons. The molecule has 5 heteroatoms. The summed E-state index contributed by atoms with van der Waals surface area (Å²) in [6.07, 6.45) is 4.34. The van der Waals surface area contributed by atoms with Crippen molar-refractivity contribution in [3.05, 3.63) is 64.7 Å². The molecule has 1 aliphatic heterocycles. The predicted molar refractivity (Wildman–Crippen MR) is 76.7 cm³/mol. The van der Waals surface area contributed by atoms with Gasteiger partial charge in [0.05, 0.1) is 0 Å². The molecule has 1 atom stereocenters. The standard InChI is InChI=1S/C16H14O5/c1-8-4-12(18)10-7-14(20)16(21-15(10)5-8)9-2-3-11(17)13(19)6-9/h2-7,15,17-20H,1H3. The maximum absolute atomic E-state index is 10.1. The second kappa shape index (κ2) is 4.63. The van der Waals surface area contributed by atoms with E-state index in [4.69, 9.17) is 4.74 Å². The first-order chi connectivity index (χ1) is 9.95. The van der Waals surface area contributed by atoms with E-state index in [9.17, 15) is 20.4 Å². The smallest absolute Gasteiger partial charge is 0.169 e. The topological polar surface area (TPSA) is 90.2 Å². The first-order valence-corrected chi connectivity index (χ1v) is 6.39. The normalized spacial score (nSPS) is 21.0. The van der Waals surface area contributed by atoms with Gasteiger partial charge in [-0.25, -0.2) is 0 Å². The Morgan fingerprint density at radius 2 is 1.76 bits per heavy atom. The Hall–Kier alpha value is -2.82. The number of phenolic OH excluding ortho intramolecular Hbond substituents is 2. The van der Waals surface area contributed by atoms with E-state index in [1.165, 1.54) is 24.3 Å². The van der Waals surface area contributed by atoms with Gasteiger partial charge in [-0.3, -0.25) is 0 Å². The average Bonchev–Trinajstić information content (AvgIpc) is 2.42. The van der Waals surface area contributed by atoms with Crippen molar-refractivity contribution < 1.29 is 25.2 Å². The minimum absolute atomic E-state index is 0.0548. The third-order valence-corrected chi connectivity index (χ3v) is 3.39. The van der Waals surface area contributed by atoms with Gasteiger partial charge >= 0.3 is 0 Å². The molecule has 0 fully saturated rings. The third kappa shape index (κ3) is 2.23. The van der Waals surface area contributed by atoms with Crippen LogP contribution in [0.4, 0.5) is 0 Å². The predicted octanol–water partition coefficient (Wildman–Crippen LogP) is 3.05. The van der Waals surface area contributed by atoms with Gasteiger partial charge in [-0.15, -0.1) is 0 Å². The van der Waals surface area contributed by atoms with E-state index in [-0.39, 0.29) is 28.8 Å². The van der Waals surface area contributed by atoms with Gasteiger partial charge in [0.2, 0.25) is 0 Å². The van der Waals surface area contributed by atoms with Crippen LogP contribution in [0.1, 0.15) is 12.5 Å². The minimum Gasteiger partial charge on any atom is -0.508 e. The SMILES string of the molecule is CC1=CC2OC(c3ccc(O)c(O)c3)=C(O)C=C2C(O)=C1. The van der Waals surface area contributed by atoms with E-state index in [2.05, 4.69) is 0 Å². The van der Waals surface area contributed by atoms with Gasteiger partial charge in [0.1, 0.15) is 11.9 Å². The summed E-state index contributed by atoms with van der Waals surface area (Å²) >= 11 is 0. The Labute approximate surface area is 121 Å². The van der Waals surface area contributed by atoms with Crippen LogP contribution >= 0.6 is 0 Å². The van der Waals surface area contributed by atoms with Crippen molar-refractivity contribution >= 4 is 5.76 Å². The van der Waals surface area contributed by atoms with Crippen LogP contribution < -0.4 is 0 Å². The maximum atomic E-state index is 10.1. The molecule has 108 valence electrons. The Kier molecular flexibility index (Phi) is 2.90. The summed E-state index contributed by atoms with van der Waals surface area (Å²) in [7, 11) is 0. The second-order valence-electron chi connectivity index (χ2n) is 5.00. The summed E-state index contributed by atoms with van der Waals surface area (Å²) < 4.78 is 5.72. The lowest BCUT2D eigenvalue weighted by atomic mass is 9.95. The number of aliphatic hydroxyl groups excluding tert-OH is 2. The van der Waals surface area contributed by atoms with Crippen LogP contribution in [0.3, 0.4) is 0 Å². The molecule has 0 bridgehead atoms. The van der Waals surface area contributed by atoms with E-state index in [0.717, 1.165) is 5.57 Å². The van der Waals surface area contributed by atoms with E-state index in [0.29, 0.717) is 11.1 Å². The molecular formula is C16H14O5. The zero-order chi connectivity index (χ0) is 15.1. The van der Waals surface area contributed by atoms with Gasteiger partial charge in [-0.05, 0) is 48.9 Å².